The molecule has 1 saturated heterocycles. The van der Waals surface area contributed by atoms with E-state index >= 15 is 0 Å². The fraction of sp³-hybridized carbons (Fsp3) is 0.429. The lowest BCUT2D eigenvalue weighted by atomic mass is 10.1. The molecule has 1 heterocycles. The fourth-order valence-electron chi connectivity index (χ4n) is 2.10. The van der Waals surface area contributed by atoms with Crippen LogP contribution in [0.4, 0.5) is 0 Å². The van der Waals surface area contributed by atoms with Gasteiger partial charge in [0.1, 0.15) is 12.2 Å². The number of rotatable bonds is 6. The molecule has 0 bridgehead atoms. The first kappa shape index (κ1) is 15.6. The van der Waals surface area contributed by atoms with Gasteiger partial charge in [0.05, 0.1) is 13.2 Å². The number of cyclic esters (lactones) is 1. The van der Waals surface area contributed by atoms with E-state index in [0.717, 1.165) is 0 Å². The molecule has 2 rings (SSSR count). The second-order valence-electron chi connectivity index (χ2n) is 4.62. The average molecular weight is 296 g/mol. The summed E-state index contributed by atoms with van der Waals surface area (Å²) in [5.41, 5.74) is 0.615. The fourth-order valence-corrected chi connectivity index (χ4v) is 2.10. The molecule has 1 fully saturated rings. The van der Waals surface area contributed by atoms with Crippen molar-refractivity contribution in [2.45, 2.75) is 24.4 Å². The summed E-state index contributed by atoms with van der Waals surface area (Å²) in [5.74, 6) is -2.07. The number of hydrogen-bond acceptors (Lipinski definition) is 7. The Morgan fingerprint density at radius 3 is 2.38 bits per heavy atom. The molecule has 1 aliphatic rings. The van der Waals surface area contributed by atoms with Crippen molar-refractivity contribution in [3.8, 4) is 0 Å². The summed E-state index contributed by atoms with van der Waals surface area (Å²) in [6, 6.07) is 8.64. The minimum Gasteiger partial charge on any atom is -0.450 e. The third-order valence-electron chi connectivity index (χ3n) is 3.22. The maximum atomic E-state index is 11.7. The van der Waals surface area contributed by atoms with Gasteiger partial charge >= 0.3 is 5.97 Å². The van der Waals surface area contributed by atoms with Crippen molar-refractivity contribution in [2.24, 2.45) is 0 Å². The van der Waals surface area contributed by atoms with Crippen LogP contribution in [0.5, 0.6) is 0 Å². The molecule has 7 nitrogen and oxygen atoms in total. The predicted molar refractivity (Wildman–Crippen MR) is 69.1 cm³/mol. The molecular weight excluding hydrogens is 280 g/mol. The molecule has 0 radical (unpaired) electrons. The van der Waals surface area contributed by atoms with Gasteiger partial charge in [-0.15, -0.1) is 0 Å². The molecule has 114 valence electrons. The van der Waals surface area contributed by atoms with Crippen molar-refractivity contribution < 1.29 is 34.4 Å². The molecule has 1 aromatic carbocycles. The van der Waals surface area contributed by atoms with Crippen molar-refractivity contribution in [1.82, 2.24) is 0 Å². The van der Waals surface area contributed by atoms with Crippen LogP contribution in [0.3, 0.4) is 0 Å². The van der Waals surface area contributed by atoms with E-state index in [-0.39, 0.29) is 0 Å². The van der Waals surface area contributed by atoms with Gasteiger partial charge in [0.2, 0.25) is 0 Å². The van der Waals surface area contributed by atoms with Gasteiger partial charge in [0.25, 0.3) is 5.78 Å². The van der Waals surface area contributed by atoms with E-state index < -0.39 is 49.4 Å². The first-order valence-corrected chi connectivity index (χ1v) is 6.43. The molecule has 0 amide bonds. The summed E-state index contributed by atoms with van der Waals surface area (Å²) >= 11 is 0. The van der Waals surface area contributed by atoms with Crippen molar-refractivity contribution in [2.75, 3.05) is 13.2 Å². The molecule has 7 heteroatoms. The number of esters is 1. The summed E-state index contributed by atoms with van der Waals surface area (Å²) in [6.45, 7) is -1.09. The molecule has 2 unspecified atom stereocenters. The molecule has 0 saturated carbocycles. The molecule has 21 heavy (non-hydrogen) atoms. The summed E-state index contributed by atoms with van der Waals surface area (Å²) < 4.78 is 10.2. The van der Waals surface area contributed by atoms with Gasteiger partial charge in [-0.05, 0) is 5.56 Å². The van der Waals surface area contributed by atoms with Crippen LogP contribution in [0.2, 0.25) is 0 Å². The van der Waals surface area contributed by atoms with E-state index in [0.29, 0.717) is 5.56 Å². The van der Waals surface area contributed by atoms with Crippen molar-refractivity contribution in [3.63, 3.8) is 0 Å². The summed E-state index contributed by atoms with van der Waals surface area (Å²) in [6.07, 6.45) is -4.92. The Morgan fingerprint density at radius 1 is 1.14 bits per heavy atom. The Morgan fingerprint density at radius 2 is 1.81 bits per heavy atom. The highest BCUT2D eigenvalue weighted by molar-refractivity contribution is 6.37. The van der Waals surface area contributed by atoms with E-state index in [4.69, 9.17) is 14.6 Å². The third-order valence-corrected chi connectivity index (χ3v) is 3.22. The summed E-state index contributed by atoms with van der Waals surface area (Å²) in [4.78, 5) is 23.1. The highest BCUT2D eigenvalue weighted by Crippen LogP contribution is 2.26. The van der Waals surface area contributed by atoms with E-state index in [9.17, 15) is 19.8 Å². The van der Waals surface area contributed by atoms with Crippen LogP contribution < -0.4 is 0 Å². The van der Waals surface area contributed by atoms with Crippen LogP contribution in [-0.4, -0.2) is 58.6 Å². The molecule has 1 aromatic rings. The first-order chi connectivity index (χ1) is 10.1. The summed E-state index contributed by atoms with van der Waals surface area (Å²) in [5, 5.41) is 27.9. The number of benzene rings is 1. The van der Waals surface area contributed by atoms with Gasteiger partial charge in [0, 0.05) is 0 Å². The standard InChI is InChI=1S/C14H16O7/c15-6-9(17)12-13(11(18)14(19)21-12)20-10(7-16)8-4-2-1-3-5-8/h1-5,9-10,12-13,15-17H,6-7H2/t9-,10?,12+,13?/m0/s1. The number of ketones is 1. The maximum Gasteiger partial charge on any atom is 0.378 e. The normalized spacial score (nSPS) is 24.7. The highest BCUT2D eigenvalue weighted by atomic mass is 16.6. The number of ether oxygens (including phenoxy) is 2. The Labute approximate surface area is 120 Å². The zero-order valence-electron chi connectivity index (χ0n) is 11.1. The monoisotopic (exact) mass is 296 g/mol. The van der Waals surface area contributed by atoms with Crippen LogP contribution in [0, 0.1) is 0 Å². The van der Waals surface area contributed by atoms with Crippen LogP contribution in [0.25, 0.3) is 0 Å². The van der Waals surface area contributed by atoms with Crippen LogP contribution >= 0.6 is 0 Å². The Balaban J connectivity index is 2.18. The second-order valence-corrected chi connectivity index (χ2v) is 4.62. The lowest BCUT2D eigenvalue weighted by Crippen LogP contribution is -2.41. The number of carbonyl (C=O) groups is 2. The molecule has 0 spiro atoms. The molecule has 3 N–H and O–H groups in total. The Bertz CT molecular complexity index is 501. The quantitative estimate of drug-likeness (QED) is 0.453. The van der Waals surface area contributed by atoms with Crippen molar-refractivity contribution in [3.05, 3.63) is 35.9 Å². The van der Waals surface area contributed by atoms with E-state index in [1.165, 1.54) is 0 Å². The molecule has 1 aliphatic heterocycles. The Hall–Kier alpha value is -1.80. The van der Waals surface area contributed by atoms with Gasteiger partial charge in [-0.1, -0.05) is 30.3 Å². The van der Waals surface area contributed by atoms with E-state index in [2.05, 4.69) is 0 Å². The van der Waals surface area contributed by atoms with Crippen molar-refractivity contribution in [1.29, 1.82) is 0 Å². The van der Waals surface area contributed by atoms with Crippen LogP contribution in [-0.2, 0) is 19.1 Å². The van der Waals surface area contributed by atoms with Gasteiger partial charge in [-0.25, -0.2) is 4.79 Å². The van der Waals surface area contributed by atoms with Crippen molar-refractivity contribution >= 4 is 11.8 Å². The third kappa shape index (κ3) is 3.27. The van der Waals surface area contributed by atoms with Crippen LogP contribution in [0.1, 0.15) is 11.7 Å². The smallest absolute Gasteiger partial charge is 0.378 e. The van der Waals surface area contributed by atoms with Gasteiger partial charge in [-0.2, -0.15) is 0 Å². The first-order valence-electron chi connectivity index (χ1n) is 6.43. The largest absolute Gasteiger partial charge is 0.450 e. The zero-order valence-corrected chi connectivity index (χ0v) is 11.1. The maximum absolute atomic E-state index is 11.7. The highest BCUT2D eigenvalue weighted by Gasteiger charge is 2.48. The number of Topliss-reactive ketones (excluding diaryl/α,β-unsaturated/α-hetero) is 1. The van der Waals surface area contributed by atoms with E-state index in [1.807, 2.05) is 0 Å². The topological polar surface area (TPSA) is 113 Å². The minimum absolute atomic E-state index is 0.413. The number of aliphatic hydroxyl groups excluding tert-OH is 3. The Kier molecular flexibility index (Phi) is 5.03. The van der Waals surface area contributed by atoms with Gasteiger partial charge in [0.15, 0.2) is 12.2 Å². The lowest BCUT2D eigenvalue weighted by molar-refractivity contribution is -0.152. The molecule has 0 aromatic heterocycles. The SMILES string of the molecule is O=C1O[C@H]([C@@H](O)CO)C(OC(CO)c2ccccc2)C1=O. The van der Waals surface area contributed by atoms with Gasteiger partial charge < -0.3 is 24.8 Å². The zero-order chi connectivity index (χ0) is 15.4. The van der Waals surface area contributed by atoms with E-state index in [1.54, 1.807) is 30.3 Å². The molecule has 0 aliphatic carbocycles. The number of hydrogen-bond donors (Lipinski definition) is 3. The summed E-state index contributed by atoms with van der Waals surface area (Å²) in [7, 11) is 0. The molecule has 4 atom stereocenters. The second kappa shape index (κ2) is 6.77. The van der Waals surface area contributed by atoms with Crippen LogP contribution in [0.15, 0.2) is 30.3 Å². The number of aliphatic hydroxyl groups is 3. The lowest BCUT2D eigenvalue weighted by Gasteiger charge is -2.24. The average Bonchev–Trinajstić information content (AvgIpc) is 2.80. The van der Waals surface area contributed by atoms with Gasteiger partial charge in [-0.3, -0.25) is 4.79 Å². The predicted octanol–water partition coefficient (Wildman–Crippen LogP) is -1.05. The number of carbonyl (C=O) groups excluding carboxylic acids is 2. The molecular formula is C14H16O7. The minimum atomic E-state index is -1.43.